The van der Waals surface area contributed by atoms with Crippen LogP contribution in [0.15, 0.2) is 24.3 Å². The van der Waals surface area contributed by atoms with E-state index in [1.54, 1.807) is 7.11 Å². The van der Waals surface area contributed by atoms with Crippen molar-refractivity contribution in [3.8, 4) is 5.75 Å². The molecule has 2 rings (SSSR count). The van der Waals surface area contributed by atoms with E-state index in [1.165, 1.54) is 4.31 Å². The highest BCUT2D eigenvalue weighted by molar-refractivity contribution is 7.88. The maximum Gasteiger partial charge on any atom is 0.235 e. The minimum Gasteiger partial charge on any atom is -0.497 e. The number of benzene rings is 1. The van der Waals surface area contributed by atoms with Crippen molar-refractivity contribution in [2.75, 3.05) is 26.5 Å². The third kappa shape index (κ3) is 4.99. The van der Waals surface area contributed by atoms with Crippen LogP contribution in [0.2, 0.25) is 0 Å². The predicted molar refractivity (Wildman–Crippen MR) is 84.3 cm³/mol. The van der Waals surface area contributed by atoms with E-state index in [2.05, 4.69) is 5.32 Å². The van der Waals surface area contributed by atoms with Crippen LogP contribution >= 0.6 is 0 Å². The molecule has 0 unspecified atom stereocenters. The van der Waals surface area contributed by atoms with E-state index < -0.39 is 10.0 Å². The first-order chi connectivity index (χ1) is 10.4. The third-order valence-corrected chi connectivity index (χ3v) is 4.85. The zero-order chi connectivity index (χ0) is 16.2. The molecule has 0 radical (unpaired) electrons. The van der Waals surface area contributed by atoms with Gasteiger partial charge in [-0.2, -0.15) is 4.31 Å². The van der Waals surface area contributed by atoms with E-state index in [1.807, 2.05) is 24.3 Å². The van der Waals surface area contributed by atoms with Gasteiger partial charge in [0.05, 0.1) is 19.9 Å². The molecule has 0 atom stereocenters. The number of nitrogens with zero attached hydrogens (tertiary/aromatic N) is 1. The standard InChI is InChI=1S/C15H22N2O4S/c1-21-14-7-3-12(4-8-14)9-10-16-15(18)11-17(13-5-6-13)22(2,19)20/h3-4,7-8,13H,5-6,9-11H2,1-2H3,(H,16,18). The molecule has 0 saturated heterocycles. The predicted octanol–water partition coefficient (Wildman–Crippen LogP) is 0.778. The average molecular weight is 326 g/mol. The number of amides is 1. The zero-order valence-corrected chi connectivity index (χ0v) is 13.7. The molecule has 0 aliphatic heterocycles. The Hall–Kier alpha value is -1.60. The van der Waals surface area contributed by atoms with Crippen LogP contribution in [0.3, 0.4) is 0 Å². The highest BCUT2D eigenvalue weighted by Gasteiger charge is 2.36. The monoisotopic (exact) mass is 326 g/mol. The summed E-state index contributed by atoms with van der Waals surface area (Å²) in [5, 5.41) is 2.77. The summed E-state index contributed by atoms with van der Waals surface area (Å²) in [5.41, 5.74) is 1.09. The summed E-state index contributed by atoms with van der Waals surface area (Å²) in [4.78, 5) is 11.9. The second-order valence-electron chi connectivity index (χ2n) is 5.49. The van der Waals surface area contributed by atoms with Crippen molar-refractivity contribution in [2.24, 2.45) is 0 Å². The van der Waals surface area contributed by atoms with Crippen molar-refractivity contribution >= 4 is 15.9 Å². The number of rotatable bonds is 8. The Kier molecular flexibility index (Phi) is 5.42. The summed E-state index contributed by atoms with van der Waals surface area (Å²) in [5.74, 6) is 0.534. The van der Waals surface area contributed by atoms with Gasteiger partial charge in [0.1, 0.15) is 5.75 Å². The van der Waals surface area contributed by atoms with Gasteiger partial charge in [-0.3, -0.25) is 4.79 Å². The van der Waals surface area contributed by atoms with Gasteiger partial charge in [0.2, 0.25) is 15.9 Å². The SMILES string of the molecule is COc1ccc(CCNC(=O)CN(C2CC2)S(C)(=O)=O)cc1. The fourth-order valence-electron chi connectivity index (χ4n) is 2.22. The molecule has 1 fully saturated rings. The lowest BCUT2D eigenvalue weighted by molar-refractivity contribution is -0.121. The molecule has 0 bridgehead atoms. The smallest absolute Gasteiger partial charge is 0.235 e. The topological polar surface area (TPSA) is 75.7 Å². The zero-order valence-electron chi connectivity index (χ0n) is 12.9. The quantitative estimate of drug-likeness (QED) is 0.766. The van der Waals surface area contributed by atoms with Gasteiger partial charge in [-0.25, -0.2) is 8.42 Å². The number of sulfonamides is 1. The normalized spacial score (nSPS) is 14.9. The Bertz CT molecular complexity index is 609. The van der Waals surface area contributed by atoms with Crippen LogP contribution in [-0.2, 0) is 21.2 Å². The van der Waals surface area contributed by atoms with Crippen LogP contribution in [-0.4, -0.2) is 51.1 Å². The van der Waals surface area contributed by atoms with Crippen molar-refractivity contribution in [1.82, 2.24) is 9.62 Å². The number of hydrogen-bond acceptors (Lipinski definition) is 4. The maximum absolute atomic E-state index is 11.9. The van der Waals surface area contributed by atoms with Crippen LogP contribution < -0.4 is 10.1 Å². The van der Waals surface area contributed by atoms with Crippen LogP contribution in [0.4, 0.5) is 0 Å². The molecule has 122 valence electrons. The van der Waals surface area contributed by atoms with Gasteiger partial charge in [-0.05, 0) is 37.0 Å². The van der Waals surface area contributed by atoms with Crippen molar-refractivity contribution in [2.45, 2.75) is 25.3 Å². The van der Waals surface area contributed by atoms with Crippen LogP contribution in [0, 0.1) is 0 Å². The first-order valence-corrected chi connectivity index (χ1v) is 9.11. The van der Waals surface area contributed by atoms with Gasteiger partial charge in [0, 0.05) is 12.6 Å². The maximum atomic E-state index is 11.9. The molecule has 1 amide bonds. The van der Waals surface area contributed by atoms with Crippen molar-refractivity contribution < 1.29 is 17.9 Å². The molecule has 0 spiro atoms. The summed E-state index contributed by atoms with van der Waals surface area (Å²) in [6.07, 6.45) is 3.52. The van der Waals surface area contributed by atoms with Gasteiger partial charge < -0.3 is 10.1 Å². The number of carbonyl (C=O) groups excluding carboxylic acids is 1. The fourth-order valence-corrected chi connectivity index (χ4v) is 3.32. The Morgan fingerprint density at radius 1 is 1.32 bits per heavy atom. The number of carbonyl (C=O) groups is 1. The van der Waals surface area contributed by atoms with Crippen LogP contribution in [0.5, 0.6) is 5.75 Å². The lowest BCUT2D eigenvalue weighted by Gasteiger charge is -2.18. The number of nitrogens with one attached hydrogen (secondary N) is 1. The summed E-state index contributed by atoms with van der Waals surface area (Å²) in [6.45, 7) is 0.388. The largest absolute Gasteiger partial charge is 0.497 e. The van der Waals surface area contributed by atoms with Crippen LogP contribution in [0.25, 0.3) is 0 Å². The van der Waals surface area contributed by atoms with E-state index in [9.17, 15) is 13.2 Å². The van der Waals surface area contributed by atoms with Gasteiger partial charge >= 0.3 is 0 Å². The summed E-state index contributed by atoms with van der Waals surface area (Å²) < 4.78 is 29.6. The molecular formula is C15H22N2O4S. The van der Waals surface area contributed by atoms with Gasteiger partial charge in [-0.15, -0.1) is 0 Å². The van der Waals surface area contributed by atoms with Crippen molar-refractivity contribution in [3.63, 3.8) is 0 Å². The molecule has 1 aliphatic rings. The number of hydrogen-bond donors (Lipinski definition) is 1. The number of methoxy groups -OCH3 is 1. The average Bonchev–Trinajstić information content (AvgIpc) is 3.29. The van der Waals surface area contributed by atoms with E-state index in [4.69, 9.17) is 4.74 Å². The Balaban J connectivity index is 1.77. The lowest BCUT2D eigenvalue weighted by Crippen LogP contribution is -2.41. The summed E-state index contributed by atoms with van der Waals surface area (Å²) >= 11 is 0. The minimum absolute atomic E-state index is 0.00216. The summed E-state index contributed by atoms with van der Waals surface area (Å²) in [6, 6.07) is 7.63. The molecule has 6 nitrogen and oxygen atoms in total. The van der Waals surface area contributed by atoms with Crippen LogP contribution in [0.1, 0.15) is 18.4 Å². The molecule has 1 N–H and O–H groups in total. The van der Waals surface area contributed by atoms with Crippen molar-refractivity contribution in [3.05, 3.63) is 29.8 Å². The third-order valence-electron chi connectivity index (χ3n) is 3.57. The van der Waals surface area contributed by atoms with Crippen molar-refractivity contribution in [1.29, 1.82) is 0 Å². The molecule has 0 aromatic heterocycles. The molecule has 1 aromatic rings. The Morgan fingerprint density at radius 3 is 2.45 bits per heavy atom. The second kappa shape index (κ2) is 7.11. The molecular weight excluding hydrogens is 304 g/mol. The van der Waals surface area contributed by atoms with E-state index in [-0.39, 0.29) is 18.5 Å². The number of ether oxygens (including phenoxy) is 1. The molecule has 22 heavy (non-hydrogen) atoms. The first kappa shape index (κ1) is 16.8. The molecule has 1 aliphatic carbocycles. The van der Waals surface area contributed by atoms with E-state index >= 15 is 0 Å². The van der Waals surface area contributed by atoms with E-state index in [0.29, 0.717) is 13.0 Å². The molecule has 1 aromatic carbocycles. The van der Waals surface area contributed by atoms with Gasteiger partial charge in [0.25, 0.3) is 0 Å². The lowest BCUT2D eigenvalue weighted by atomic mass is 10.1. The van der Waals surface area contributed by atoms with Gasteiger partial charge in [-0.1, -0.05) is 12.1 Å². The Morgan fingerprint density at radius 2 is 1.95 bits per heavy atom. The highest BCUT2D eigenvalue weighted by atomic mass is 32.2. The van der Waals surface area contributed by atoms with E-state index in [0.717, 1.165) is 30.4 Å². The fraction of sp³-hybridized carbons (Fsp3) is 0.533. The highest BCUT2D eigenvalue weighted by Crippen LogP contribution is 2.28. The molecule has 7 heteroatoms. The second-order valence-corrected chi connectivity index (χ2v) is 7.42. The first-order valence-electron chi connectivity index (χ1n) is 7.26. The van der Waals surface area contributed by atoms with Gasteiger partial charge in [0.15, 0.2) is 0 Å². The molecule has 0 heterocycles. The Labute approximate surface area is 131 Å². The minimum atomic E-state index is -3.32. The molecule has 1 saturated carbocycles. The summed E-state index contributed by atoms with van der Waals surface area (Å²) in [7, 11) is -1.71.